The van der Waals surface area contributed by atoms with Gasteiger partial charge < -0.3 is 10.6 Å². The van der Waals surface area contributed by atoms with Gasteiger partial charge in [-0.05, 0) is 44.5 Å². The van der Waals surface area contributed by atoms with Crippen LogP contribution in [0, 0.1) is 0 Å². The lowest BCUT2D eigenvalue weighted by atomic mass is 10.1. The van der Waals surface area contributed by atoms with Crippen molar-refractivity contribution in [2.75, 3.05) is 13.1 Å². The predicted molar refractivity (Wildman–Crippen MR) is 67.1 cm³/mol. The average molecular weight is 238 g/mol. The van der Waals surface area contributed by atoms with E-state index in [1.54, 1.807) is 11.3 Å². The maximum absolute atomic E-state index is 11.9. The number of rotatable bonds is 3. The molecule has 4 heteroatoms. The van der Waals surface area contributed by atoms with Crippen molar-refractivity contribution in [1.29, 1.82) is 0 Å². The Labute approximate surface area is 100 Å². The Balaban J connectivity index is 1.91. The fraction of sp³-hybridized carbons (Fsp3) is 0.583. The molecule has 0 unspecified atom stereocenters. The van der Waals surface area contributed by atoms with Gasteiger partial charge in [0, 0.05) is 10.9 Å². The molecule has 1 aromatic rings. The van der Waals surface area contributed by atoms with Gasteiger partial charge in [0.2, 0.25) is 0 Å². The number of nitrogens with one attached hydrogen (secondary N) is 2. The zero-order valence-electron chi connectivity index (χ0n) is 9.58. The van der Waals surface area contributed by atoms with Crippen molar-refractivity contribution < 1.29 is 4.79 Å². The molecule has 0 aliphatic carbocycles. The Hall–Kier alpha value is -0.870. The van der Waals surface area contributed by atoms with Gasteiger partial charge in [0.25, 0.3) is 5.91 Å². The molecule has 1 amide bonds. The predicted octanol–water partition coefficient (Wildman–Crippen LogP) is 1.79. The first-order chi connectivity index (χ1) is 7.79. The van der Waals surface area contributed by atoms with Crippen LogP contribution in [0.1, 0.15) is 34.3 Å². The van der Waals surface area contributed by atoms with Crippen molar-refractivity contribution in [1.82, 2.24) is 10.6 Å². The highest BCUT2D eigenvalue weighted by molar-refractivity contribution is 7.14. The molecule has 1 aliphatic rings. The maximum atomic E-state index is 11.9. The Kier molecular flexibility index (Phi) is 3.96. The first kappa shape index (κ1) is 11.6. The van der Waals surface area contributed by atoms with E-state index in [-0.39, 0.29) is 5.91 Å². The van der Waals surface area contributed by atoms with Crippen LogP contribution in [-0.4, -0.2) is 25.0 Å². The molecule has 0 saturated carbocycles. The van der Waals surface area contributed by atoms with Crippen LogP contribution in [0.2, 0.25) is 0 Å². The SMILES string of the molecule is CCc1ccc(C(=O)NC2CCNCC2)s1. The number of piperidine rings is 1. The van der Waals surface area contributed by atoms with Crippen molar-refractivity contribution in [2.45, 2.75) is 32.2 Å². The topological polar surface area (TPSA) is 41.1 Å². The van der Waals surface area contributed by atoms with E-state index in [0.717, 1.165) is 37.2 Å². The van der Waals surface area contributed by atoms with Crippen molar-refractivity contribution in [3.63, 3.8) is 0 Å². The Morgan fingerprint density at radius 2 is 2.25 bits per heavy atom. The molecule has 88 valence electrons. The van der Waals surface area contributed by atoms with Crippen LogP contribution in [0.15, 0.2) is 12.1 Å². The van der Waals surface area contributed by atoms with Crippen molar-refractivity contribution >= 4 is 17.2 Å². The Morgan fingerprint density at radius 3 is 2.88 bits per heavy atom. The van der Waals surface area contributed by atoms with E-state index in [4.69, 9.17) is 0 Å². The third kappa shape index (κ3) is 2.83. The van der Waals surface area contributed by atoms with E-state index < -0.39 is 0 Å². The smallest absolute Gasteiger partial charge is 0.261 e. The van der Waals surface area contributed by atoms with Crippen LogP contribution < -0.4 is 10.6 Å². The lowest BCUT2D eigenvalue weighted by Crippen LogP contribution is -2.42. The van der Waals surface area contributed by atoms with E-state index in [1.165, 1.54) is 4.88 Å². The molecule has 0 atom stereocenters. The van der Waals surface area contributed by atoms with Crippen molar-refractivity contribution in [3.8, 4) is 0 Å². The van der Waals surface area contributed by atoms with Crippen LogP contribution in [0.25, 0.3) is 0 Å². The third-order valence-electron chi connectivity index (χ3n) is 2.91. The van der Waals surface area contributed by atoms with Crippen LogP contribution in [0.4, 0.5) is 0 Å². The van der Waals surface area contributed by atoms with Crippen LogP contribution >= 0.6 is 11.3 Å². The van der Waals surface area contributed by atoms with E-state index >= 15 is 0 Å². The van der Waals surface area contributed by atoms with Gasteiger partial charge in [-0.2, -0.15) is 0 Å². The quantitative estimate of drug-likeness (QED) is 0.843. The van der Waals surface area contributed by atoms with Crippen LogP contribution in [-0.2, 0) is 6.42 Å². The first-order valence-corrected chi connectivity index (χ1v) is 6.71. The second-order valence-electron chi connectivity index (χ2n) is 4.12. The van der Waals surface area contributed by atoms with Gasteiger partial charge in [0.1, 0.15) is 0 Å². The summed E-state index contributed by atoms with van der Waals surface area (Å²) in [4.78, 5) is 14.0. The molecule has 0 spiro atoms. The average Bonchev–Trinajstić information content (AvgIpc) is 2.79. The molecule has 1 fully saturated rings. The molecule has 16 heavy (non-hydrogen) atoms. The highest BCUT2D eigenvalue weighted by Crippen LogP contribution is 2.17. The van der Waals surface area contributed by atoms with Crippen molar-refractivity contribution in [2.24, 2.45) is 0 Å². The highest BCUT2D eigenvalue weighted by Gasteiger charge is 2.17. The van der Waals surface area contributed by atoms with Gasteiger partial charge in [0.05, 0.1) is 4.88 Å². The number of hydrogen-bond donors (Lipinski definition) is 2. The minimum absolute atomic E-state index is 0.0941. The van der Waals surface area contributed by atoms with E-state index in [0.29, 0.717) is 6.04 Å². The van der Waals surface area contributed by atoms with Gasteiger partial charge in [-0.1, -0.05) is 6.92 Å². The molecule has 0 aromatic carbocycles. The number of carbonyl (C=O) groups is 1. The summed E-state index contributed by atoms with van der Waals surface area (Å²) in [6.45, 7) is 4.13. The highest BCUT2D eigenvalue weighted by atomic mass is 32.1. The molecule has 1 aromatic heterocycles. The summed E-state index contributed by atoms with van der Waals surface area (Å²) in [6, 6.07) is 4.32. The van der Waals surface area contributed by atoms with Gasteiger partial charge >= 0.3 is 0 Å². The molecular formula is C12H18N2OS. The zero-order valence-corrected chi connectivity index (χ0v) is 10.4. The number of aryl methyl sites for hydroxylation is 1. The minimum atomic E-state index is 0.0941. The van der Waals surface area contributed by atoms with Crippen LogP contribution in [0.3, 0.4) is 0 Å². The zero-order chi connectivity index (χ0) is 11.4. The molecular weight excluding hydrogens is 220 g/mol. The Bertz CT molecular complexity index is 356. The summed E-state index contributed by atoms with van der Waals surface area (Å²) >= 11 is 1.60. The number of carbonyl (C=O) groups excluding carboxylic acids is 1. The maximum Gasteiger partial charge on any atom is 0.261 e. The Morgan fingerprint density at radius 1 is 1.50 bits per heavy atom. The second kappa shape index (κ2) is 5.46. The second-order valence-corrected chi connectivity index (χ2v) is 5.29. The first-order valence-electron chi connectivity index (χ1n) is 5.90. The molecule has 0 bridgehead atoms. The normalized spacial score (nSPS) is 17.3. The molecule has 2 heterocycles. The van der Waals surface area contributed by atoms with Gasteiger partial charge in [-0.25, -0.2) is 0 Å². The molecule has 2 rings (SSSR count). The van der Waals surface area contributed by atoms with Gasteiger partial charge in [-0.3, -0.25) is 4.79 Å². The van der Waals surface area contributed by atoms with Gasteiger partial charge in [0.15, 0.2) is 0 Å². The standard InChI is InChI=1S/C12H18N2OS/c1-2-10-3-4-11(16-10)12(15)14-9-5-7-13-8-6-9/h3-4,9,13H,2,5-8H2,1H3,(H,14,15). The lowest BCUT2D eigenvalue weighted by Gasteiger charge is -2.23. The van der Waals surface area contributed by atoms with Gasteiger partial charge in [-0.15, -0.1) is 11.3 Å². The third-order valence-corrected chi connectivity index (χ3v) is 4.14. The molecule has 1 aliphatic heterocycles. The summed E-state index contributed by atoms with van der Waals surface area (Å²) in [6.07, 6.45) is 3.08. The fourth-order valence-electron chi connectivity index (χ4n) is 1.91. The fourth-order valence-corrected chi connectivity index (χ4v) is 2.76. The molecule has 1 saturated heterocycles. The number of amides is 1. The lowest BCUT2D eigenvalue weighted by molar-refractivity contribution is 0.0933. The summed E-state index contributed by atoms with van der Waals surface area (Å²) in [5, 5.41) is 6.40. The minimum Gasteiger partial charge on any atom is -0.349 e. The van der Waals surface area contributed by atoms with Crippen molar-refractivity contribution in [3.05, 3.63) is 21.9 Å². The number of hydrogen-bond acceptors (Lipinski definition) is 3. The monoisotopic (exact) mass is 238 g/mol. The van der Waals surface area contributed by atoms with E-state index in [1.807, 2.05) is 12.1 Å². The molecule has 0 radical (unpaired) electrons. The number of thiophene rings is 1. The summed E-state index contributed by atoms with van der Waals surface area (Å²) in [7, 11) is 0. The summed E-state index contributed by atoms with van der Waals surface area (Å²) < 4.78 is 0. The van der Waals surface area contributed by atoms with Crippen LogP contribution in [0.5, 0.6) is 0 Å². The molecule has 3 nitrogen and oxygen atoms in total. The van der Waals surface area contributed by atoms with E-state index in [9.17, 15) is 4.79 Å². The molecule has 2 N–H and O–H groups in total. The summed E-state index contributed by atoms with van der Waals surface area (Å²) in [5.74, 6) is 0.0941. The summed E-state index contributed by atoms with van der Waals surface area (Å²) in [5.41, 5.74) is 0. The largest absolute Gasteiger partial charge is 0.349 e. The van der Waals surface area contributed by atoms with E-state index in [2.05, 4.69) is 17.6 Å².